The lowest BCUT2D eigenvalue weighted by Crippen LogP contribution is -2.40. The lowest BCUT2D eigenvalue weighted by Gasteiger charge is -2.26. The number of halogens is 1. The monoisotopic (exact) mass is 412 g/mol. The summed E-state index contributed by atoms with van der Waals surface area (Å²) in [6.07, 6.45) is -1.11. The quantitative estimate of drug-likeness (QED) is 0.670. The minimum atomic E-state index is -1.20. The van der Waals surface area contributed by atoms with Crippen molar-refractivity contribution in [3.8, 4) is 10.4 Å². The third kappa shape index (κ3) is 5.44. The molecule has 0 aliphatic rings. The second kappa shape index (κ2) is 8.60. The number of nitrogens with zero attached hydrogens (tertiary/aromatic N) is 1. The molecule has 0 aliphatic heterocycles. The Morgan fingerprint density at radius 3 is 2.63 bits per heavy atom. The Kier molecular flexibility index (Phi) is 6.91. The Morgan fingerprint density at radius 2 is 2.04 bits per heavy atom. The van der Waals surface area contributed by atoms with Crippen LogP contribution in [-0.2, 0) is 17.9 Å². The largest absolute Gasteiger partial charge is 0.598 e. The maximum Gasteiger partial charge on any atom is 0.407 e. The van der Waals surface area contributed by atoms with E-state index in [0.29, 0.717) is 11.1 Å². The molecule has 1 aromatic carbocycles. The molecule has 8 heteroatoms. The molecule has 27 heavy (non-hydrogen) atoms. The zero-order valence-corrected chi connectivity index (χ0v) is 17.7. The lowest BCUT2D eigenvalue weighted by molar-refractivity contribution is 0.153. The predicted octanol–water partition coefficient (Wildman–Crippen LogP) is 4.78. The molecule has 5 nitrogen and oxygen atoms in total. The minimum absolute atomic E-state index is 0.0353. The van der Waals surface area contributed by atoms with Crippen molar-refractivity contribution >= 4 is 28.8 Å². The van der Waals surface area contributed by atoms with Crippen molar-refractivity contribution in [1.82, 2.24) is 9.62 Å². The Balaban J connectivity index is 2.28. The summed E-state index contributed by atoms with van der Waals surface area (Å²) in [7, 11) is 1.41. The van der Waals surface area contributed by atoms with Crippen LogP contribution in [0.5, 0.6) is 0 Å². The van der Waals surface area contributed by atoms with Crippen LogP contribution in [0.2, 0.25) is 0 Å². The van der Waals surface area contributed by atoms with E-state index in [0.717, 1.165) is 14.7 Å². The van der Waals surface area contributed by atoms with Crippen molar-refractivity contribution in [3.05, 3.63) is 46.6 Å². The van der Waals surface area contributed by atoms with Gasteiger partial charge in [0.05, 0.1) is 12.6 Å². The van der Waals surface area contributed by atoms with Crippen LogP contribution in [0.25, 0.3) is 10.4 Å². The molecule has 2 rings (SSSR count). The van der Waals surface area contributed by atoms with Crippen LogP contribution >= 0.6 is 11.3 Å². The van der Waals surface area contributed by atoms with Crippen molar-refractivity contribution < 1.29 is 18.8 Å². The number of rotatable bonds is 6. The van der Waals surface area contributed by atoms with Gasteiger partial charge in [-0.05, 0) is 51.5 Å². The highest BCUT2D eigenvalue weighted by atomic mass is 32.2. The second-order valence-electron chi connectivity index (χ2n) is 7.33. The van der Waals surface area contributed by atoms with Crippen molar-refractivity contribution in [3.63, 3.8) is 0 Å². The zero-order valence-electron chi connectivity index (χ0n) is 16.1. The predicted molar refractivity (Wildman–Crippen MR) is 109 cm³/mol. The van der Waals surface area contributed by atoms with Gasteiger partial charge in [0.1, 0.15) is 10.6 Å². The van der Waals surface area contributed by atoms with Crippen LogP contribution in [0, 0.1) is 5.82 Å². The van der Waals surface area contributed by atoms with E-state index >= 15 is 0 Å². The molecular weight excluding hydrogens is 387 g/mol. The molecular formula is C19H25FN2O3S2. The number of nitrogens with one attached hydrogen (secondary N) is 1. The van der Waals surface area contributed by atoms with Gasteiger partial charge in [0.15, 0.2) is 0 Å². The molecule has 0 spiro atoms. The maximum absolute atomic E-state index is 14.4. The third-order valence-corrected chi connectivity index (χ3v) is 6.98. The molecule has 0 aliphatic carbocycles. The molecule has 1 aromatic heterocycles. The van der Waals surface area contributed by atoms with Crippen LogP contribution in [0.15, 0.2) is 30.3 Å². The number of amides is 1. The summed E-state index contributed by atoms with van der Waals surface area (Å²) in [5, 5.41) is 9.09. The first kappa shape index (κ1) is 21.7. The van der Waals surface area contributed by atoms with Crippen molar-refractivity contribution in [2.24, 2.45) is 0 Å². The summed E-state index contributed by atoms with van der Waals surface area (Å²) in [4.78, 5) is 14.0. The van der Waals surface area contributed by atoms with Gasteiger partial charge in [-0.15, -0.1) is 16.1 Å². The molecule has 0 saturated heterocycles. The smallest absolute Gasteiger partial charge is 0.407 e. The number of hydrogen-bond donors (Lipinski definition) is 2. The summed E-state index contributed by atoms with van der Waals surface area (Å²) in [5.41, 5.74) is 1.01. The van der Waals surface area contributed by atoms with Gasteiger partial charge < -0.3 is 14.6 Å². The Bertz CT molecular complexity index is 804. The summed E-state index contributed by atoms with van der Waals surface area (Å²) < 4.78 is 29.4. The molecule has 0 radical (unpaired) electrons. The zero-order chi connectivity index (χ0) is 20.4. The summed E-state index contributed by atoms with van der Waals surface area (Å²) in [6.45, 7) is 7.61. The SMILES string of the molecule is C[C@@H](N[S+]([O-])C(C)(C)C)c1ccc(-c2cccc(F)c2CN(C)C(=O)O)s1. The molecule has 1 amide bonds. The van der Waals surface area contributed by atoms with E-state index in [4.69, 9.17) is 5.11 Å². The number of benzene rings is 1. The van der Waals surface area contributed by atoms with E-state index in [1.165, 1.54) is 24.5 Å². The van der Waals surface area contributed by atoms with E-state index in [1.807, 2.05) is 39.8 Å². The van der Waals surface area contributed by atoms with Gasteiger partial charge in [-0.2, -0.15) is 0 Å². The van der Waals surface area contributed by atoms with Crippen LogP contribution in [-0.4, -0.2) is 32.4 Å². The number of hydrogen-bond acceptors (Lipinski definition) is 4. The molecule has 2 N–H and O–H groups in total. The average molecular weight is 413 g/mol. The fourth-order valence-corrected chi connectivity index (χ4v) is 4.32. The van der Waals surface area contributed by atoms with Crippen molar-refractivity contribution in [2.45, 2.75) is 45.0 Å². The standard InChI is InChI=1S/C19H25FN2O3S2/c1-12(21-27(25)19(2,3)4)16-9-10-17(26-16)13-7-6-8-15(20)14(13)11-22(5)18(23)24/h6-10,12,21H,11H2,1-5H3,(H,23,24)/t12-,27?/m1/s1. The van der Waals surface area contributed by atoms with E-state index in [-0.39, 0.29) is 17.3 Å². The number of carboxylic acid groups (broad SMARTS) is 1. The van der Waals surface area contributed by atoms with Gasteiger partial charge in [-0.1, -0.05) is 12.1 Å². The molecule has 0 fully saturated rings. The second-order valence-corrected chi connectivity index (χ2v) is 10.4. The normalized spacial score (nSPS) is 14.0. The molecule has 1 unspecified atom stereocenters. The van der Waals surface area contributed by atoms with Crippen molar-refractivity contribution in [2.75, 3.05) is 7.05 Å². The highest BCUT2D eigenvalue weighted by Gasteiger charge is 2.29. The molecule has 0 saturated carbocycles. The van der Waals surface area contributed by atoms with Gasteiger partial charge in [0, 0.05) is 33.7 Å². The van der Waals surface area contributed by atoms with E-state index in [9.17, 15) is 13.7 Å². The number of carbonyl (C=O) groups is 1. The van der Waals surface area contributed by atoms with Crippen LogP contribution in [0.4, 0.5) is 9.18 Å². The van der Waals surface area contributed by atoms with Crippen LogP contribution < -0.4 is 4.72 Å². The third-order valence-electron chi connectivity index (χ3n) is 4.00. The average Bonchev–Trinajstić information content (AvgIpc) is 3.05. The molecule has 0 bridgehead atoms. The van der Waals surface area contributed by atoms with Gasteiger partial charge in [-0.25, -0.2) is 9.18 Å². The molecule has 148 valence electrons. The van der Waals surface area contributed by atoms with Gasteiger partial charge in [0.2, 0.25) is 0 Å². The first-order valence-corrected chi connectivity index (χ1v) is 10.5. The van der Waals surface area contributed by atoms with E-state index in [1.54, 1.807) is 12.1 Å². The molecule has 2 aromatic rings. The first-order chi connectivity index (χ1) is 12.5. The Labute approximate surface area is 166 Å². The minimum Gasteiger partial charge on any atom is -0.598 e. The van der Waals surface area contributed by atoms with Crippen LogP contribution in [0.1, 0.15) is 44.2 Å². The van der Waals surface area contributed by atoms with Gasteiger partial charge in [0.25, 0.3) is 0 Å². The highest BCUT2D eigenvalue weighted by Crippen LogP contribution is 2.35. The summed E-state index contributed by atoms with van der Waals surface area (Å²) in [5.74, 6) is -0.435. The Morgan fingerprint density at radius 1 is 1.37 bits per heavy atom. The fourth-order valence-electron chi connectivity index (χ4n) is 2.38. The first-order valence-electron chi connectivity index (χ1n) is 8.50. The van der Waals surface area contributed by atoms with E-state index in [2.05, 4.69) is 4.72 Å². The lowest BCUT2D eigenvalue weighted by atomic mass is 10.0. The van der Waals surface area contributed by atoms with E-state index < -0.39 is 23.3 Å². The van der Waals surface area contributed by atoms with Gasteiger partial charge in [-0.3, -0.25) is 0 Å². The Hall–Kier alpha value is -1.61. The summed E-state index contributed by atoms with van der Waals surface area (Å²) in [6, 6.07) is 8.42. The fraction of sp³-hybridized carbons (Fsp3) is 0.421. The molecule has 2 atom stereocenters. The highest BCUT2D eigenvalue weighted by molar-refractivity contribution is 7.90. The topological polar surface area (TPSA) is 75.6 Å². The van der Waals surface area contributed by atoms with Crippen LogP contribution in [0.3, 0.4) is 0 Å². The summed E-state index contributed by atoms with van der Waals surface area (Å²) >= 11 is 0.276. The van der Waals surface area contributed by atoms with Crippen molar-refractivity contribution in [1.29, 1.82) is 0 Å². The number of thiophene rings is 1. The van der Waals surface area contributed by atoms with Gasteiger partial charge >= 0.3 is 6.09 Å². The maximum atomic E-state index is 14.4. The molecule has 1 heterocycles.